The molecule has 38 heavy (non-hydrogen) atoms. The summed E-state index contributed by atoms with van der Waals surface area (Å²) in [6.07, 6.45) is 4.50. The van der Waals surface area contributed by atoms with Gasteiger partial charge in [-0.2, -0.15) is 10.1 Å². The summed E-state index contributed by atoms with van der Waals surface area (Å²) >= 11 is 0. The maximum Gasteiger partial charge on any atom is 0.264 e. The number of nitrogens with zero attached hydrogens (tertiary/aromatic N) is 3. The Morgan fingerprint density at radius 3 is 2.42 bits per heavy atom. The Morgan fingerprint density at radius 1 is 1.00 bits per heavy atom. The molecule has 4 bridgehead atoms. The summed E-state index contributed by atoms with van der Waals surface area (Å²) in [5.74, 6) is 0.177. The van der Waals surface area contributed by atoms with E-state index in [1.54, 1.807) is 30.5 Å². The number of hydrogen-bond acceptors (Lipinski definition) is 6. The molecule has 0 spiro atoms. The van der Waals surface area contributed by atoms with Gasteiger partial charge < -0.3 is 4.74 Å². The molecule has 198 valence electrons. The first-order valence-corrected chi connectivity index (χ1v) is 14.2. The first-order valence-electron chi connectivity index (χ1n) is 12.7. The van der Waals surface area contributed by atoms with Crippen molar-refractivity contribution in [3.05, 3.63) is 83.2 Å². The van der Waals surface area contributed by atoms with E-state index in [1.807, 2.05) is 44.3 Å². The molecule has 0 amide bonds. The van der Waals surface area contributed by atoms with Crippen LogP contribution in [-0.2, 0) is 10.0 Å². The van der Waals surface area contributed by atoms with Gasteiger partial charge in [0, 0.05) is 29.7 Å². The first kappa shape index (κ1) is 25.9. The standard InChI is InChI=1S/C29H33N5O3S/c1-18-8-6-9-19(2)26(18)24-13-25-33-28(32-24)34-38(35,36)23-11-7-10-20(12-23)27(22-15-30-31-16-22)21(17-37-25)14-29(3,4)5/h6-13,15-16,21,27H,14,17H2,1-5H3,(H,30,31)(H,32,33,34)/t21-,27?/m1/s1. The lowest BCUT2D eigenvalue weighted by molar-refractivity contribution is 0.177. The number of sulfonamides is 1. The van der Waals surface area contributed by atoms with Gasteiger partial charge in [0.2, 0.25) is 11.8 Å². The average Bonchev–Trinajstić information content (AvgIpc) is 3.35. The van der Waals surface area contributed by atoms with Crippen molar-refractivity contribution >= 4 is 16.0 Å². The van der Waals surface area contributed by atoms with Crippen LogP contribution in [0.1, 0.15) is 55.4 Å². The Balaban J connectivity index is 1.70. The molecule has 2 atom stereocenters. The summed E-state index contributed by atoms with van der Waals surface area (Å²) < 4.78 is 36.0. The lowest BCUT2D eigenvalue weighted by Crippen LogP contribution is -2.27. The Hall–Kier alpha value is -3.72. The van der Waals surface area contributed by atoms with Gasteiger partial charge in [-0.15, -0.1) is 0 Å². The summed E-state index contributed by atoms with van der Waals surface area (Å²) in [5.41, 5.74) is 5.45. The van der Waals surface area contributed by atoms with Crippen LogP contribution in [-0.4, -0.2) is 35.2 Å². The molecular weight excluding hydrogens is 498 g/mol. The second-order valence-corrected chi connectivity index (χ2v) is 12.9. The molecule has 0 fully saturated rings. The first-order chi connectivity index (χ1) is 18.0. The van der Waals surface area contributed by atoms with Gasteiger partial charge in [-0.05, 0) is 60.1 Å². The summed E-state index contributed by atoms with van der Waals surface area (Å²) in [6.45, 7) is 11.0. The van der Waals surface area contributed by atoms with Crippen molar-refractivity contribution in [2.75, 3.05) is 11.3 Å². The van der Waals surface area contributed by atoms with E-state index in [0.717, 1.165) is 34.2 Å². The van der Waals surface area contributed by atoms with Crippen molar-refractivity contribution in [1.82, 2.24) is 20.2 Å². The molecule has 2 aromatic heterocycles. The number of rotatable bonds is 3. The molecule has 5 rings (SSSR count). The topological polar surface area (TPSA) is 110 Å². The monoisotopic (exact) mass is 531 g/mol. The number of ether oxygens (including phenoxy) is 1. The third kappa shape index (κ3) is 5.43. The van der Waals surface area contributed by atoms with Crippen molar-refractivity contribution in [2.24, 2.45) is 11.3 Å². The van der Waals surface area contributed by atoms with Crippen molar-refractivity contribution in [3.8, 4) is 17.1 Å². The third-order valence-corrected chi connectivity index (χ3v) is 8.19. The van der Waals surface area contributed by atoms with Crippen molar-refractivity contribution in [1.29, 1.82) is 0 Å². The summed E-state index contributed by atoms with van der Waals surface area (Å²) in [5, 5.41) is 7.11. The van der Waals surface area contributed by atoms with Gasteiger partial charge in [0.05, 0.1) is 23.4 Å². The van der Waals surface area contributed by atoms with Gasteiger partial charge in [0.15, 0.2) is 0 Å². The molecule has 1 aliphatic heterocycles. The zero-order valence-electron chi connectivity index (χ0n) is 22.3. The van der Waals surface area contributed by atoms with E-state index in [4.69, 9.17) is 4.74 Å². The number of hydrogen-bond donors (Lipinski definition) is 2. The summed E-state index contributed by atoms with van der Waals surface area (Å²) in [4.78, 5) is 9.22. The molecule has 0 saturated heterocycles. The maximum atomic E-state index is 13.5. The van der Waals surface area contributed by atoms with Gasteiger partial charge in [-0.1, -0.05) is 51.1 Å². The Kier molecular flexibility index (Phi) is 6.73. The minimum absolute atomic E-state index is 0.00141. The van der Waals surface area contributed by atoms with Crippen molar-refractivity contribution in [3.63, 3.8) is 0 Å². The highest BCUT2D eigenvalue weighted by Gasteiger charge is 2.32. The molecule has 1 unspecified atom stereocenters. The predicted molar refractivity (Wildman–Crippen MR) is 148 cm³/mol. The number of H-pyrrole nitrogens is 1. The normalized spacial score (nSPS) is 19.0. The highest BCUT2D eigenvalue weighted by atomic mass is 32.2. The Labute approximate surface area is 224 Å². The van der Waals surface area contributed by atoms with E-state index in [1.165, 1.54) is 0 Å². The minimum Gasteiger partial charge on any atom is -0.477 e. The second kappa shape index (κ2) is 9.87. The van der Waals surface area contributed by atoms with Gasteiger partial charge in [-0.25, -0.2) is 18.1 Å². The van der Waals surface area contributed by atoms with E-state index in [9.17, 15) is 8.42 Å². The van der Waals surface area contributed by atoms with Gasteiger partial charge in [-0.3, -0.25) is 5.10 Å². The van der Waals surface area contributed by atoms with E-state index in [-0.39, 0.29) is 28.1 Å². The molecule has 2 aromatic carbocycles. The average molecular weight is 532 g/mol. The van der Waals surface area contributed by atoms with E-state index in [0.29, 0.717) is 18.2 Å². The fraction of sp³-hybridized carbons (Fsp3) is 0.345. The molecule has 9 heteroatoms. The number of aromatic nitrogens is 4. The summed E-state index contributed by atoms with van der Waals surface area (Å²) in [7, 11) is -3.96. The van der Waals surface area contributed by atoms with Crippen molar-refractivity contribution in [2.45, 2.75) is 51.9 Å². The minimum atomic E-state index is -3.96. The zero-order chi connectivity index (χ0) is 27.1. The van der Waals surface area contributed by atoms with Gasteiger partial charge >= 0.3 is 0 Å². The zero-order valence-corrected chi connectivity index (χ0v) is 23.1. The summed E-state index contributed by atoms with van der Waals surface area (Å²) in [6, 6.07) is 14.9. The smallest absolute Gasteiger partial charge is 0.264 e. The van der Waals surface area contributed by atoms with Gasteiger partial charge in [0.1, 0.15) is 0 Å². The second-order valence-electron chi connectivity index (χ2n) is 11.2. The molecule has 4 aromatic rings. The fourth-order valence-electron chi connectivity index (χ4n) is 5.37. The molecule has 0 aliphatic carbocycles. The molecule has 1 aliphatic rings. The molecular formula is C29H33N5O3S. The highest BCUT2D eigenvalue weighted by molar-refractivity contribution is 7.92. The number of nitrogens with one attached hydrogen (secondary N) is 2. The highest BCUT2D eigenvalue weighted by Crippen LogP contribution is 2.40. The molecule has 8 nitrogen and oxygen atoms in total. The molecule has 0 radical (unpaired) electrons. The lowest BCUT2D eigenvalue weighted by atomic mass is 9.74. The predicted octanol–water partition coefficient (Wildman–Crippen LogP) is 5.86. The number of aryl methyl sites for hydroxylation is 2. The number of fused-ring (bicyclic) bond motifs is 4. The quantitative estimate of drug-likeness (QED) is 0.343. The third-order valence-electron chi connectivity index (χ3n) is 6.86. The van der Waals surface area contributed by atoms with Crippen molar-refractivity contribution < 1.29 is 13.2 Å². The van der Waals surface area contributed by atoms with Gasteiger partial charge in [0.25, 0.3) is 10.0 Å². The molecule has 0 saturated carbocycles. The van der Waals surface area contributed by atoms with Crippen LogP contribution in [0.15, 0.2) is 65.8 Å². The largest absolute Gasteiger partial charge is 0.477 e. The maximum absolute atomic E-state index is 13.5. The van der Waals surface area contributed by atoms with E-state index in [2.05, 4.69) is 45.7 Å². The van der Waals surface area contributed by atoms with E-state index < -0.39 is 10.0 Å². The SMILES string of the molecule is Cc1cccc(C)c1-c1cc2nc(n1)NS(=O)(=O)c1cccc(c1)C(c1cn[nH]c1)[C@H](CC(C)(C)C)CO2. The van der Waals surface area contributed by atoms with E-state index >= 15 is 0 Å². The Morgan fingerprint density at radius 2 is 1.74 bits per heavy atom. The van der Waals surface area contributed by atoms with Crippen LogP contribution in [0.2, 0.25) is 0 Å². The number of anilines is 1. The van der Waals surface area contributed by atoms with Crippen LogP contribution in [0.5, 0.6) is 5.88 Å². The van der Waals surface area contributed by atoms with Crippen LogP contribution in [0.3, 0.4) is 0 Å². The lowest BCUT2D eigenvalue weighted by Gasteiger charge is -2.32. The fourth-order valence-corrected chi connectivity index (χ4v) is 6.36. The van der Waals surface area contributed by atoms with Crippen LogP contribution in [0.25, 0.3) is 11.3 Å². The van der Waals surface area contributed by atoms with Crippen LogP contribution < -0.4 is 9.46 Å². The Bertz CT molecular complexity index is 1540. The van der Waals surface area contributed by atoms with Crippen LogP contribution >= 0.6 is 0 Å². The molecule has 3 heterocycles. The van der Waals surface area contributed by atoms with Crippen LogP contribution in [0, 0.1) is 25.2 Å². The number of benzene rings is 2. The van der Waals surface area contributed by atoms with Crippen LogP contribution in [0.4, 0.5) is 5.95 Å². The number of aromatic amines is 1. The molecule has 2 N–H and O–H groups in total.